The summed E-state index contributed by atoms with van der Waals surface area (Å²) in [6, 6.07) is 5.72. The summed E-state index contributed by atoms with van der Waals surface area (Å²) in [5, 5.41) is 11.9. The SMILES string of the molecule is Cc1ccc(NC(=O)C2CCCC2C(=O)O)cc1C. The maximum Gasteiger partial charge on any atom is 0.307 e. The molecule has 0 aromatic heterocycles. The van der Waals surface area contributed by atoms with Crippen molar-refractivity contribution in [2.24, 2.45) is 11.8 Å². The molecule has 2 rings (SSSR count). The number of carbonyl (C=O) groups excluding carboxylic acids is 1. The number of aliphatic carboxylic acids is 1. The zero-order valence-corrected chi connectivity index (χ0v) is 11.3. The number of anilines is 1. The third-order valence-corrected chi connectivity index (χ3v) is 3.94. The maximum atomic E-state index is 12.2. The minimum atomic E-state index is -0.863. The minimum absolute atomic E-state index is 0.173. The number of hydrogen-bond acceptors (Lipinski definition) is 2. The number of rotatable bonds is 3. The summed E-state index contributed by atoms with van der Waals surface area (Å²) in [7, 11) is 0. The molecular formula is C15H19NO3. The Labute approximate surface area is 112 Å². The lowest BCUT2D eigenvalue weighted by Gasteiger charge is -2.16. The number of amides is 1. The second kappa shape index (κ2) is 5.43. The van der Waals surface area contributed by atoms with E-state index in [-0.39, 0.29) is 5.91 Å². The second-order valence-electron chi connectivity index (χ2n) is 5.27. The number of carbonyl (C=O) groups is 2. The highest BCUT2D eigenvalue weighted by Crippen LogP contribution is 2.33. The van der Waals surface area contributed by atoms with Gasteiger partial charge < -0.3 is 10.4 Å². The van der Waals surface area contributed by atoms with Crippen molar-refractivity contribution in [1.29, 1.82) is 0 Å². The molecule has 1 aliphatic carbocycles. The predicted molar refractivity (Wildman–Crippen MR) is 73.0 cm³/mol. The summed E-state index contributed by atoms with van der Waals surface area (Å²) in [6.07, 6.45) is 2.07. The number of benzene rings is 1. The predicted octanol–water partition coefficient (Wildman–Crippen LogP) is 2.74. The smallest absolute Gasteiger partial charge is 0.307 e. The number of hydrogen-bond donors (Lipinski definition) is 2. The summed E-state index contributed by atoms with van der Waals surface area (Å²) in [5.74, 6) is -1.98. The van der Waals surface area contributed by atoms with Gasteiger partial charge in [0.05, 0.1) is 11.8 Å². The standard InChI is InChI=1S/C15H19NO3/c1-9-6-7-11(8-10(9)2)16-14(17)12-4-3-5-13(12)15(18)19/h6-8,12-13H,3-5H2,1-2H3,(H,16,17)(H,18,19). The van der Waals surface area contributed by atoms with E-state index in [0.717, 1.165) is 17.7 Å². The van der Waals surface area contributed by atoms with Gasteiger partial charge in [0.25, 0.3) is 0 Å². The van der Waals surface area contributed by atoms with Crippen molar-refractivity contribution in [3.8, 4) is 0 Å². The van der Waals surface area contributed by atoms with Crippen LogP contribution in [0.15, 0.2) is 18.2 Å². The molecule has 1 saturated carbocycles. The Balaban J connectivity index is 2.08. The molecule has 2 N–H and O–H groups in total. The Morgan fingerprint density at radius 2 is 1.84 bits per heavy atom. The number of carboxylic acids is 1. The summed E-state index contributed by atoms with van der Waals surface area (Å²) < 4.78 is 0. The van der Waals surface area contributed by atoms with E-state index in [1.54, 1.807) is 0 Å². The molecule has 1 fully saturated rings. The van der Waals surface area contributed by atoms with E-state index in [4.69, 9.17) is 5.11 Å². The molecule has 1 aromatic rings. The van der Waals surface area contributed by atoms with Gasteiger partial charge in [-0.1, -0.05) is 12.5 Å². The van der Waals surface area contributed by atoms with Crippen LogP contribution in [0.4, 0.5) is 5.69 Å². The van der Waals surface area contributed by atoms with E-state index >= 15 is 0 Å². The fraction of sp³-hybridized carbons (Fsp3) is 0.467. The normalized spacial score (nSPS) is 22.2. The van der Waals surface area contributed by atoms with Crippen molar-refractivity contribution in [3.63, 3.8) is 0 Å². The largest absolute Gasteiger partial charge is 0.481 e. The molecule has 0 spiro atoms. The van der Waals surface area contributed by atoms with Gasteiger partial charge in [-0.05, 0) is 49.9 Å². The van der Waals surface area contributed by atoms with Crippen molar-refractivity contribution in [2.45, 2.75) is 33.1 Å². The van der Waals surface area contributed by atoms with Gasteiger partial charge in [0.2, 0.25) is 5.91 Å². The molecule has 1 aliphatic rings. The Bertz CT molecular complexity index is 510. The van der Waals surface area contributed by atoms with Gasteiger partial charge in [0, 0.05) is 5.69 Å². The molecule has 19 heavy (non-hydrogen) atoms. The molecule has 0 heterocycles. The monoisotopic (exact) mass is 261 g/mol. The van der Waals surface area contributed by atoms with Crippen LogP contribution >= 0.6 is 0 Å². The fourth-order valence-electron chi connectivity index (χ4n) is 2.62. The van der Waals surface area contributed by atoms with Gasteiger partial charge in [-0.2, -0.15) is 0 Å². The summed E-state index contributed by atoms with van der Waals surface area (Å²) >= 11 is 0. The highest BCUT2D eigenvalue weighted by Gasteiger charge is 2.37. The molecule has 2 atom stereocenters. The van der Waals surface area contributed by atoms with Gasteiger partial charge in [-0.3, -0.25) is 9.59 Å². The quantitative estimate of drug-likeness (QED) is 0.879. The highest BCUT2D eigenvalue weighted by molar-refractivity contribution is 5.95. The third-order valence-electron chi connectivity index (χ3n) is 3.94. The minimum Gasteiger partial charge on any atom is -0.481 e. The van der Waals surface area contributed by atoms with Crippen LogP contribution in [0.25, 0.3) is 0 Å². The number of aryl methyl sites for hydroxylation is 2. The molecule has 102 valence electrons. The first kappa shape index (κ1) is 13.6. The zero-order chi connectivity index (χ0) is 14.0. The maximum absolute atomic E-state index is 12.2. The lowest BCUT2D eigenvalue weighted by Crippen LogP contribution is -2.30. The average molecular weight is 261 g/mol. The zero-order valence-electron chi connectivity index (χ0n) is 11.3. The van der Waals surface area contributed by atoms with Crippen molar-refractivity contribution in [2.75, 3.05) is 5.32 Å². The molecule has 2 unspecified atom stereocenters. The van der Waals surface area contributed by atoms with E-state index in [9.17, 15) is 9.59 Å². The molecular weight excluding hydrogens is 242 g/mol. The van der Waals surface area contributed by atoms with Gasteiger partial charge >= 0.3 is 5.97 Å². The van der Waals surface area contributed by atoms with Crippen molar-refractivity contribution < 1.29 is 14.7 Å². The molecule has 1 aromatic carbocycles. The Hall–Kier alpha value is -1.84. The van der Waals surface area contributed by atoms with E-state index < -0.39 is 17.8 Å². The van der Waals surface area contributed by atoms with Gasteiger partial charge in [0.1, 0.15) is 0 Å². The molecule has 0 saturated heterocycles. The molecule has 0 radical (unpaired) electrons. The van der Waals surface area contributed by atoms with Gasteiger partial charge in [0.15, 0.2) is 0 Å². The number of carboxylic acid groups (broad SMARTS) is 1. The van der Waals surface area contributed by atoms with Crippen molar-refractivity contribution in [1.82, 2.24) is 0 Å². The lowest BCUT2D eigenvalue weighted by atomic mass is 9.95. The first-order valence-corrected chi connectivity index (χ1v) is 6.60. The molecule has 4 nitrogen and oxygen atoms in total. The summed E-state index contributed by atoms with van der Waals surface area (Å²) in [6.45, 7) is 4.00. The van der Waals surface area contributed by atoms with Crippen molar-refractivity contribution in [3.05, 3.63) is 29.3 Å². The van der Waals surface area contributed by atoms with Crippen LogP contribution in [-0.2, 0) is 9.59 Å². The van der Waals surface area contributed by atoms with Crippen molar-refractivity contribution >= 4 is 17.6 Å². The van der Waals surface area contributed by atoms with E-state index in [2.05, 4.69) is 5.32 Å². The number of nitrogens with one attached hydrogen (secondary N) is 1. The van der Waals surface area contributed by atoms with Crippen LogP contribution in [-0.4, -0.2) is 17.0 Å². The van der Waals surface area contributed by atoms with E-state index in [0.29, 0.717) is 12.8 Å². The lowest BCUT2D eigenvalue weighted by molar-refractivity contribution is -0.145. The van der Waals surface area contributed by atoms with Crippen LogP contribution in [0.5, 0.6) is 0 Å². The first-order chi connectivity index (χ1) is 8.99. The van der Waals surface area contributed by atoms with E-state index in [1.165, 1.54) is 5.56 Å². The fourth-order valence-corrected chi connectivity index (χ4v) is 2.62. The van der Waals surface area contributed by atoms with Crippen LogP contribution in [0.1, 0.15) is 30.4 Å². The first-order valence-electron chi connectivity index (χ1n) is 6.60. The van der Waals surface area contributed by atoms with Crippen LogP contribution in [0.2, 0.25) is 0 Å². The van der Waals surface area contributed by atoms with Crippen LogP contribution < -0.4 is 5.32 Å². The third kappa shape index (κ3) is 2.95. The van der Waals surface area contributed by atoms with Crippen LogP contribution in [0.3, 0.4) is 0 Å². The summed E-state index contributed by atoms with van der Waals surface area (Å²) in [4.78, 5) is 23.2. The Kier molecular flexibility index (Phi) is 3.88. The molecule has 0 aliphatic heterocycles. The Morgan fingerprint density at radius 3 is 2.47 bits per heavy atom. The van der Waals surface area contributed by atoms with Gasteiger partial charge in [-0.15, -0.1) is 0 Å². The molecule has 0 bridgehead atoms. The van der Waals surface area contributed by atoms with Crippen LogP contribution in [0, 0.1) is 25.7 Å². The Morgan fingerprint density at radius 1 is 1.16 bits per heavy atom. The average Bonchev–Trinajstić information content (AvgIpc) is 2.83. The second-order valence-corrected chi connectivity index (χ2v) is 5.27. The topological polar surface area (TPSA) is 66.4 Å². The highest BCUT2D eigenvalue weighted by atomic mass is 16.4. The summed E-state index contributed by atoms with van der Waals surface area (Å²) in [5.41, 5.74) is 3.02. The molecule has 4 heteroatoms. The molecule has 1 amide bonds. The van der Waals surface area contributed by atoms with Gasteiger partial charge in [-0.25, -0.2) is 0 Å². The van der Waals surface area contributed by atoms with E-state index in [1.807, 2.05) is 32.0 Å².